The van der Waals surface area contributed by atoms with E-state index in [1.165, 1.54) is 38.5 Å². The lowest BCUT2D eigenvalue weighted by Crippen LogP contribution is -2.49. The van der Waals surface area contributed by atoms with E-state index in [0.717, 1.165) is 55.5 Å². The van der Waals surface area contributed by atoms with Gasteiger partial charge in [-0.15, -0.1) is 0 Å². The largest absolute Gasteiger partial charge is 0.439 e. The number of hydrogen-bond acceptors (Lipinski definition) is 8. The summed E-state index contributed by atoms with van der Waals surface area (Å²) >= 11 is 6.45. The minimum atomic E-state index is -0.656. The summed E-state index contributed by atoms with van der Waals surface area (Å²) in [5, 5.41) is 4.47. The van der Waals surface area contributed by atoms with Gasteiger partial charge in [-0.3, -0.25) is 9.51 Å². The zero-order valence-corrected chi connectivity index (χ0v) is 23.5. The number of H-pyrrole nitrogens is 1. The van der Waals surface area contributed by atoms with Gasteiger partial charge in [-0.1, -0.05) is 61.5 Å². The monoisotopic (exact) mass is 563 g/mol. The number of aromatic amines is 1. The molecule has 0 radical (unpaired) electrons. The Kier molecular flexibility index (Phi) is 6.62. The number of hydrogen-bond donors (Lipinski definition) is 1. The second kappa shape index (κ2) is 10.3. The Hall–Kier alpha value is -3.24. The summed E-state index contributed by atoms with van der Waals surface area (Å²) in [6, 6.07) is 7.67. The molecule has 0 amide bonds. The molecule has 1 spiro atoms. The number of ether oxygens (including phenoxy) is 1. The van der Waals surface area contributed by atoms with Crippen LogP contribution in [0.2, 0.25) is 5.02 Å². The molecule has 1 saturated heterocycles. The molecule has 10 nitrogen and oxygen atoms in total. The molecule has 0 atom stereocenters. The van der Waals surface area contributed by atoms with Gasteiger partial charge >= 0.3 is 5.76 Å². The van der Waals surface area contributed by atoms with E-state index in [2.05, 4.69) is 26.5 Å². The highest BCUT2D eigenvalue weighted by Gasteiger charge is 2.51. The van der Waals surface area contributed by atoms with Gasteiger partial charge in [-0.05, 0) is 49.7 Å². The van der Waals surface area contributed by atoms with Crippen molar-refractivity contribution in [2.24, 2.45) is 11.8 Å². The normalized spacial score (nSPS) is 22.3. The van der Waals surface area contributed by atoms with E-state index in [1.54, 1.807) is 0 Å². The van der Waals surface area contributed by atoms with Crippen molar-refractivity contribution < 1.29 is 9.26 Å². The first kappa shape index (κ1) is 25.7. The van der Waals surface area contributed by atoms with Crippen molar-refractivity contribution in [1.29, 1.82) is 0 Å². The fourth-order valence-corrected chi connectivity index (χ4v) is 6.84. The van der Waals surface area contributed by atoms with E-state index in [1.807, 2.05) is 24.3 Å². The smallest absolute Gasteiger partial charge is 0.377 e. The molecule has 2 aliphatic carbocycles. The molecule has 2 saturated carbocycles. The molecule has 1 aromatic carbocycles. The van der Waals surface area contributed by atoms with Crippen molar-refractivity contribution in [3.8, 4) is 22.9 Å². The van der Waals surface area contributed by atoms with Crippen LogP contribution in [0, 0.1) is 11.8 Å². The number of halogens is 1. The number of anilines is 1. The Labute approximate surface area is 237 Å². The van der Waals surface area contributed by atoms with E-state index >= 15 is 0 Å². The summed E-state index contributed by atoms with van der Waals surface area (Å²) in [6.45, 7) is 5.32. The van der Waals surface area contributed by atoms with E-state index < -0.39 is 5.76 Å². The van der Waals surface area contributed by atoms with Gasteiger partial charge in [0.2, 0.25) is 17.6 Å². The molecule has 3 aromatic heterocycles. The number of aromatic nitrogens is 6. The summed E-state index contributed by atoms with van der Waals surface area (Å²) in [6.07, 6.45) is 9.75. The fourth-order valence-electron chi connectivity index (χ4n) is 6.65. The second-order valence-electron chi connectivity index (χ2n) is 11.6. The van der Waals surface area contributed by atoms with Gasteiger partial charge < -0.3 is 14.2 Å². The molecule has 40 heavy (non-hydrogen) atoms. The highest BCUT2D eigenvalue weighted by Crippen LogP contribution is 2.47. The lowest BCUT2D eigenvalue weighted by Gasteiger charge is -2.38. The molecule has 11 heteroatoms. The molecule has 0 unspecified atom stereocenters. The van der Waals surface area contributed by atoms with Crippen molar-refractivity contribution in [3.05, 3.63) is 39.8 Å². The number of fused-ring (bicyclic) bond motifs is 1. The van der Waals surface area contributed by atoms with Crippen LogP contribution in [0.5, 0.6) is 0 Å². The van der Waals surface area contributed by atoms with Crippen LogP contribution in [-0.2, 0) is 11.3 Å². The summed E-state index contributed by atoms with van der Waals surface area (Å²) in [5.74, 6) is 2.09. The van der Waals surface area contributed by atoms with Crippen LogP contribution in [0.1, 0.15) is 58.3 Å². The third kappa shape index (κ3) is 4.71. The number of nitrogens with zero attached hydrogens (tertiary/aromatic N) is 6. The minimum Gasteiger partial charge on any atom is -0.377 e. The molecule has 3 aliphatic rings. The van der Waals surface area contributed by atoms with Gasteiger partial charge in [-0.25, -0.2) is 14.8 Å². The highest BCUT2D eigenvalue weighted by atomic mass is 35.5. The zero-order chi connectivity index (χ0) is 27.3. The molecular formula is C29H34ClN7O3. The molecule has 4 aromatic rings. The van der Waals surface area contributed by atoms with Gasteiger partial charge in [-0.2, -0.15) is 4.98 Å². The average molecular weight is 564 g/mol. The standard InChI is InChI=1S/C29H34ClN7O3/c1-2-4-18-7-9-19(10-8-18)16-36-23-22(20-5-3-6-21(30)15-20)31-25(26-34-28(38)40-35-26)32-24(23)33-27(36)37-13-14-39-17-29(37)11-12-29/h3,5-6,15,18-19H,2,4,7-14,16-17H2,1H3,(H,34,35,38). The van der Waals surface area contributed by atoms with Gasteiger partial charge in [0.1, 0.15) is 11.2 Å². The maximum Gasteiger partial charge on any atom is 0.439 e. The Bertz CT molecular complexity index is 1580. The number of morpholine rings is 1. The third-order valence-electron chi connectivity index (χ3n) is 8.91. The summed E-state index contributed by atoms with van der Waals surface area (Å²) in [7, 11) is 0. The Balaban J connectivity index is 1.40. The molecule has 1 aliphatic heterocycles. The van der Waals surface area contributed by atoms with E-state index in [9.17, 15) is 4.79 Å². The maximum absolute atomic E-state index is 11.8. The number of imidazole rings is 1. The first-order valence-electron chi connectivity index (χ1n) is 14.5. The summed E-state index contributed by atoms with van der Waals surface area (Å²) < 4.78 is 13.0. The topological polar surface area (TPSA) is 115 Å². The Morgan fingerprint density at radius 1 is 1.12 bits per heavy atom. The SMILES string of the molecule is CCCC1CCC(Cn2c(N3CCOCC34CC4)nc3nc(-c4noc(=O)[nH]4)nc(-c4cccc(Cl)c4)c32)CC1. The van der Waals surface area contributed by atoms with Crippen LogP contribution >= 0.6 is 11.6 Å². The van der Waals surface area contributed by atoms with Crippen molar-refractivity contribution >= 4 is 28.7 Å². The third-order valence-corrected chi connectivity index (χ3v) is 9.14. The van der Waals surface area contributed by atoms with Gasteiger partial charge in [0, 0.05) is 23.7 Å². The molecule has 1 N–H and O–H groups in total. The van der Waals surface area contributed by atoms with Gasteiger partial charge in [0.15, 0.2) is 5.65 Å². The zero-order valence-electron chi connectivity index (χ0n) is 22.7. The maximum atomic E-state index is 11.8. The number of nitrogens with one attached hydrogen (secondary N) is 1. The van der Waals surface area contributed by atoms with Crippen molar-refractivity contribution in [2.75, 3.05) is 24.7 Å². The van der Waals surface area contributed by atoms with E-state index in [4.69, 9.17) is 35.8 Å². The van der Waals surface area contributed by atoms with E-state index in [-0.39, 0.29) is 17.2 Å². The first-order chi connectivity index (χ1) is 19.5. The molecule has 0 bridgehead atoms. The average Bonchev–Trinajstić information content (AvgIpc) is 3.42. The minimum absolute atomic E-state index is 0.0000100. The highest BCUT2D eigenvalue weighted by molar-refractivity contribution is 6.30. The van der Waals surface area contributed by atoms with Crippen LogP contribution < -0.4 is 10.7 Å². The van der Waals surface area contributed by atoms with Crippen molar-refractivity contribution in [1.82, 2.24) is 29.7 Å². The van der Waals surface area contributed by atoms with E-state index in [0.29, 0.717) is 28.9 Å². The van der Waals surface area contributed by atoms with Crippen molar-refractivity contribution in [2.45, 2.75) is 70.4 Å². The van der Waals surface area contributed by atoms with Gasteiger partial charge in [0.05, 0.1) is 18.8 Å². The molecular weight excluding hydrogens is 530 g/mol. The lowest BCUT2D eigenvalue weighted by atomic mass is 9.80. The predicted molar refractivity (Wildman–Crippen MR) is 152 cm³/mol. The number of benzene rings is 1. The van der Waals surface area contributed by atoms with Crippen LogP contribution in [0.3, 0.4) is 0 Å². The lowest BCUT2D eigenvalue weighted by molar-refractivity contribution is 0.0850. The first-order valence-corrected chi connectivity index (χ1v) is 14.9. The number of rotatable bonds is 7. The Morgan fingerprint density at radius 3 is 2.67 bits per heavy atom. The van der Waals surface area contributed by atoms with Crippen LogP contribution in [-0.4, -0.2) is 55.0 Å². The second-order valence-corrected chi connectivity index (χ2v) is 12.1. The van der Waals surface area contributed by atoms with Crippen LogP contribution in [0.15, 0.2) is 33.6 Å². The van der Waals surface area contributed by atoms with Crippen molar-refractivity contribution in [3.63, 3.8) is 0 Å². The summed E-state index contributed by atoms with van der Waals surface area (Å²) in [4.78, 5) is 31.7. The van der Waals surface area contributed by atoms with Crippen LogP contribution in [0.25, 0.3) is 34.1 Å². The quantitative estimate of drug-likeness (QED) is 0.315. The van der Waals surface area contributed by atoms with Crippen LogP contribution in [0.4, 0.5) is 5.95 Å². The molecule has 3 fully saturated rings. The molecule has 4 heterocycles. The predicted octanol–water partition coefficient (Wildman–Crippen LogP) is 5.47. The fraction of sp³-hybridized carbons (Fsp3) is 0.552. The molecule has 7 rings (SSSR count). The molecule has 210 valence electrons. The Morgan fingerprint density at radius 2 is 1.95 bits per heavy atom. The summed E-state index contributed by atoms with van der Waals surface area (Å²) in [5.41, 5.74) is 3.02. The van der Waals surface area contributed by atoms with Gasteiger partial charge in [0.25, 0.3) is 0 Å².